The molecule has 0 atom stereocenters. The van der Waals surface area contributed by atoms with E-state index in [4.69, 9.17) is 0 Å². The van der Waals surface area contributed by atoms with Crippen LogP contribution in [0.15, 0.2) is 30.5 Å². The number of hydrogen-bond donors (Lipinski definition) is 2. The van der Waals surface area contributed by atoms with Crippen LogP contribution in [0.4, 0.5) is 26.2 Å². The number of hydrogen-bond acceptors (Lipinski definition) is 5. The van der Waals surface area contributed by atoms with Crippen LogP contribution >= 0.6 is 0 Å². The minimum Gasteiger partial charge on any atom is -0.370 e. The summed E-state index contributed by atoms with van der Waals surface area (Å²) in [5.41, 5.74) is 0.134. The molecule has 2 rings (SSSR count). The van der Waals surface area contributed by atoms with Gasteiger partial charge in [-0.05, 0) is 51.7 Å². The molecule has 1 aromatic heterocycles. The van der Waals surface area contributed by atoms with Crippen LogP contribution in [0, 0.1) is 11.6 Å². The number of aromatic nitrogens is 2. The predicted octanol–water partition coefficient (Wildman–Crippen LogP) is 3.25. The first-order chi connectivity index (χ1) is 11.0. The number of anilines is 3. The average molecular weight is 321 g/mol. The highest BCUT2D eigenvalue weighted by Gasteiger charge is 2.06. The minimum absolute atomic E-state index is 0.134. The molecule has 0 aliphatic carbocycles. The maximum Gasteiger partial charge on any atom is 0.229 e. The van der Waals surface area contributed by atoms with Crippen molar-refractivity contribution in [3.8, 4) is 0 Å². The van der Waals surface area contributed by atoms with Crippen molar-refractivity contribution in [1.29, 1.82) is 0 Å². The van der Waals surface area contributed by atoms with Gasteiger partial charge in [0.25, 0.3) is 0 Å². The largest absolute Gasteiger partial charge is 0.370 e. The molecule has 2 N–H and O–H groups in total. The Morgan fingerprint density at radius 3 is 2.70 bits per heavy atom. The molecular weight excluding hydrogens is 300 g/mol. The SMILES string of the molecule is CN(C)CCCCNc1ccnc(Nc2ccc(F)cc2F)n1. The zero-order valence-corrected chi connectivity index (χ0v) is 13.3. The van der Waals surface area contributed by atoms with Crippen molar-refractivity contribution >= 4 is 17.5 Å². The zero-order valence-electron chi connectivity index (χ0n) is 13.3. The lowest BCUT2D eigenvalue weighted by atomic mass is 10.3. The lowest BCUT2D eigenvalue weighted by Gasteiger charge is -2.10. The molecule has 5 nitrogen and oxygen atoms in total. The first-order valence-corrected chi connectivity index (χ1v) is 7.48. The molecular formula is C16H21F2N5. The molecule has 0 bridgehead atoms. The second-order valence-corrected chi connectivity index (χ2v) is 5.45. The molecule has 7 heteroatoms. The van der Waals surface area contributed by atoms with E-state index in [0.717, 1.165) is 32.0 Å². The number of halogens is 2. The summed E-state index contributed by atoms with van der Waals surface area (Å²) in [5, 5.41) is 5.95. The van der Waals surface area contributed by atoms with Gasteiger partial charge in [-0.2, -0.15) is 4.98 Å². The maximum atomic E-state index is 13.6. The Hall–Kier alpha value is -2.28. The first-order valence-electron chi connectivity index (χ1n) is 7.48. The Morgan fingerprint density at radius 1 is 1.13 bits per heavy atom. The summed E-state index contributed by atoms with van der Waals surface area (Å²) in [5.74, 6) is -0.388. The van der Waals surface area contributed by atoms with Crippen LogP contribution in [0.1, 0.15) is 12.8 Å². The number of nitrogens with one attached hydrogen (secondary N) is 2. The van der Waals surface area contributed by atoms with Gasteiger partial charge in [0.05, 0.1) is 5.69 Å². The lowest BCUT2D eigenvalue weighted by molar-refractivity contribution is 0.396. The Balaban J connectivity index is 1.89. The summed E-state index contributed by atoms with van der Waals surface area (Å²) in [6, 6.07) is 5.06. The van der Waals surface area contributed by atoms with Crippen molar-refractivity contribution in [1.82, 2.24) is 14.9 Å². The van der Waals surface area contributed by atoms with Gasteiger partial charge in [-0.25, -0.2) is 13.8 Å². The fourth-order valence-corrected chi connectivity index (χ4v) is 2.00. The van der Waals surface area contributed by atoms with Gasteiger partial charge >= 0.3 is 0 Å². The van der Waals surface area contributed by atoms with E-state index in [0.29, 0.717) is 5.82 Å². The van der Waals surface area contributed by atoms with Gasteiger partial charge in [0.2, 0.25) is 5.95 Å². The zero-order chi connectivity index (χ0) is 16.7. The summed E-state index contributed by atoms with van der Waals surface area (Å²) in [7, 11) is 4.09. The topological polar surface area (TPSA) is 53.1 Å². The fraction of sp³-hybridized carbons (Fsp3) is 0.375. The summed E-state index contributed by atoms with van der Waals surface area (Å²) in [6.07, 6.45) is 3.70. The molecule has 0 saturated heterocycles. The summed E-state index contributed by atoms with van der Waals surface area (Å²) < 4.78 is 26.5. The predicted molar refractivity (Wildman–Crippen MR) is 88.0 cm³/mol. The quantitative estimate of drug-likeness (QED) is 0.731. The van der Waals surface area contributed by atoms with Crippen molar-refractivity contribution in [3.63, 3.8) is 0 Å². The van der Waals surface area contributed by atoms with Crippen LogP contribution in [0.25, 0.3) is 0 Å². The molecule has 1 heterocycles. The Kier molecular flexibility index (Phi) is 6.22. The minimum atomic E-state index is -0.685. The van der Waals surface area contributed by atoms with Crippen LogP contribution < -0.4 is 10.6 Å². The van der Waals surface area contributed by atoms with E-state index in [-0.39, 0.29) is 11.6 Å². The van der Waals surface area contributed by atoms with Gasteiger partial charge in [-0.15, -0.1) is 0 Å². The fourth-order valence-electron chi connectivity index (χ4n) is 2.00. The molecule has 0 spiro atoms. The monoisotopic (exact) mass is 321 g/mol. The standard InChI is InChI=1S/C16H21F2N5/c1-23(2)10-4-3-8-19-15-7-9-20-16(22-15)21-14-6-5-12(17)11-13(14)18/h5-7,9,11H,3-4,8,10H2,1-2H3,(H2,19,20,21,22). The number of nitrogens with zero attached hydrogens (tertiary/aromatic N) is 3. The van der Waals surface area contributed by atoms with E-state index < -0.39 is 11.6 Å². The van der Waals surface area contributed by atoms with Gasteiger partial charge in [-0.1, -0.05) is 0 Å². The molecule has 0 amide bonds. The molecule has 0 saturated carbocycles. The molecule has 2 aromatic rings. The Bertz CT molecular complexity index is 634. The maximum absolute atomic E-state index is 13.6. The van der Waals surface area contributed by atoms with E-state index in [2.05, 4.69) is 25.5 Å². The highest BCUT2D eigenvalue weighted by Crippen LogP contribution is 2.19. The van der Waals surface area contributed by atoms with E-state index >= 15 is 0 Å². The molecule has 124 valence electrons. The van der Waals surface area contributed by atoms with Crippen LogP contribution in [0.3, 0.4) is 0 Å². The van der Waals surface area contributed by atoms with Crippen LogP contribution in [-0.4, -0.2) is 42.1 Å². The van der Waals surface area contributed by atoms with Crippen LogP contribution in [0.2, 0.25) is 0 Å². The number of unbranched alkanes of at least 4 members (excludes halogenated alkanes) is 1. The van der Waals surface area contributed by atoms with Gasteiger partial charge in [0.1, 0.15) is 17.5 Å². The van der Waals surface area contributed by atoms with E-state index in [1.54, 1.807) is 12.3 Å². The molecule has 0 aliphatic rings. The Labute approximate surface area is 134 Å². The lowest BCUT2D eigenvalue weighted by Crippen LogP contribution is -2.14. The van der Waals surface area contributed by atoms with Crippen molar-refractivity contribution in [3.05, 3.63) is 42.1 Å². The van der Waals surface area contributed by atoms with Crippen molar-refractivity contribution in [2.45, 2.75) is 12.8 Å². The first kappa shape index (κ1) is 17.1. The molecule has 1 aromatic carbocycles. The van der Waals surface area contributed by atoms with E-state index in [1.165, 1.54) is 12.1 Å². The van der Waals surface area contributed by atoms with Crippen molar-refractivity contribution in [2.24, 2.45) is 0 Å². The van der Waals surface area contributed by atoms with Gasteiger partial charge in [-0.3, -0.25) is 0 Å². The third-order valence-corrected chi connectivity index (χ3v) is 3.17. The molecule has 23 heavy (non-hydrogen) atoms. The third kappa shape index (κ3) is 5.78. The van der Waals surface area contributed by atoms with Crippen LogP contribution in [-0.2, 0) is 0 Å². The van der Waals surface area contributed by atoms with Gasteiger partial charge in [0, 0.05) is 18.8 Å². The number of rotatable bonds is 8. The second kappa shape index (κ2) is 8.38. The summed E-state index contributed by atoms with van der Waals surface area (Å²) in [6.45, 7) is 1.84. The highest BCUT2D eigenvalue weighted by atomic mass is 19.1. The third-order valence-electron chi connectivity index (χ3n) is 3.17. The molecule has 0 radical (unpaired) electrons. The van der Waals surface area contributed by atoms with E-state index in [9.17, 15) is 8.78 Å². The summed E-state index contributed by atoms with van der Waals surface area (Å²) >= 11 is 0. The highest BCUT2D eigenvalue weighted by molar-refractivity contribution is 5.55. The van der Waals surface area contributed by atoms with Crippen LogP contribution in [0.5, 0.6) is 0 Å². The van der Waals surface area contributed by atoms with Crippen molar-refractivity contribution < 1.29 is 8.78 Å². The summed E-state index contributed by atoms with van der Waals surface area (Å²) in [4.78, 5) is 10.4. The van der Waals surface area contributed by atoms with E-state index in [1.807, 2.05) is 14.1 Å². The second-order valence-electron chi connectivity index (χ2n) is 5.45. The van der Waals surface area contributed by atoms with Gasteiger partial charge < -0.3 is 15.5 Å². The molecule has 0 aliphatic heterocycles. The smallest absolute Gasteiger partial charge is 0.229 e. The molecule has 0 unspecified atom stereocenters. The number of benzene rings is 1. The average Bonchev–Trinajstić information content (AvgIpc) is 2.50. The van der Waals surface area contributed by atoms with Crippen molar-refractivity contribution in [2.75, 3.05) is 37.8 Å². The normalized spacial score (nSPS) is 10.8. The molecule has 0 fully saturated rings. The Morgan fingerprint density at radius 2 is 1.96 bits per heavy atom. The van der Waals surface area contributed by atoms with Gasteiger partial charge in [0.15, 0.2) is 0 Å².